The molecule has 0 bridgehead atoms. The number of piperidine rings is 1. The first-order valence-corrected chi connectivity index (χ1v) is 10.6. The van der Waals surface area contributed by atoms with Crippen LogP contribution in [0.2, 0.25) is 0 Å². The van der Waals surface area contributed by atoms with Gasteiger partial charge in [-0.3, -0.25) is 9.59 Å². The Kier molecular flexibility index (Phi) is 4.94. The molecule has 5 rings (SSSR count). The van der Waals surface area contributed by atoms with Crippen molar-refractivity contribution >= 4 is 11.8 Å². The van der Waals surface area contributed by atoms with Crippen molar-refractivity contribution in [2.75, 3.05) is 13.1 Å². The number of hydrogen-bond acceptors (Lipinski definition) is 4. The molecule has 3 saturated heterocycles. The Morgan fingerprint density at radius 3 is 2.56 bits per heavy atom. The number of rotatable bonds is 2. The Balaban J connectivity index is 1.31. The number of terminal acetylenes is 1. The lowest BCUT2D eigenvalue weighted by molar-refractivity contribution is -0.142. The number of nitrogens with zero attached hydrogens (tertiary/aromatic N) is 3. The molecule has 3 aliphatic rings. The monoisotopic (exact) mass is 437 g/mol. The molecule has 8 heteroatoms. The number of pyridine rings is 1. The summed E-state index contributed by atoms with van der Waals surface area (Å²) in [5.41, 5.74) is 0.276. The van der Waals surface area contributed by atoms with Gasteiger partial charge in [-0.1, -0.05) is 5.92 Å². The van der Waals surface area contributed by atoms with Gasteiger partial charge in [-0.05, 0) is 42.7 Å². The highest BCUT2D eigenvalue weighted by atomic mass is 19.1. The topological polar surface area (TPSA) is 62.7 Å². The van der Waals surface area contributed by atoms with Gasteiger partial charge >= 0.3 is 0 Å². The Morgan fingerprint density at radius 1 is 1.16 bits per heavy atom. The van der Waals surface area contributed by atoms with Crippen molar-refractivity contribution in [3.05, 3.63) is 65.0 Å². The van der Waals surface area contributed by atoms with E-state index in [2.05, 4.69) is 10.9 Å². The number of benzene rings is 1. The van der Waals surface area contributed by atoms with Gasteiger partial charge < -0.3 is 14.5 Å². The molecule has 2 amide bonds. The number of halogens is 2. The van der Waals surface area contributed by atoms with E-state index in [-0.39, 0.29) is 11.8 Å². The number of aromatic nitrogens is 1. The standard InChI is InChI=1S/C24H21F2N3O3/c1-2-19-13-15(5-8-27-19)22(30)28-9-6-24(7-10-28)23(31)29-20(3-4-21(29)32-24)16-11-17(25)14-18(26)12-16/h1,5,8,11-14,20-21H,3-4,6-7,9-10H2/t20-,21+/m0/s1. The van der Waals surface area contributed by atoms with E-state index in [1.54, 1.807) is 21.9 Å². The molecule has 3 fully saturated rings. The van der Waals surface area contributed by atoms with Gasteiger partial charge in [0.05, 0.1) is 6.04 Å². The molecule has 4 heterocycles. The maximum atomic E-state index is 13.7. The number of likely N-dealkylation sites (tertiary alicyclic amines) is 1. The molecular formula is C24H21F2N3O3. The molecular weight excluding hydrogens is 416 g/mol. The normalized spacial score (nSPS) is 24.0. The molecule has 2 aromatic rings. The number of fused-ring (bicyclic) bond motifs is 1. The smallest absolute Gasteiger partial charge is 0.257 e. The summed E-state index contributed by atoms with van der Waals surface area (Å²) in [5.74, 6) is 0.753. The van der Waals surface area contributed by atoms with E-state index < -0.39 is 29.5 Å². The Hall–Kier alpha value is -3.31. The first-order valence-electron chi connectivity index (χ1n) is 10.6. The van der Waals surface area contributed by atoms with E-state index in [0.29, 0.717) is 55.6 Å². The maximum Gasteiger partial charge on any atom is 0.257 e. The van der Waals surface area contributed by atoms with E-state index in [0.717, 1.165) is 6.07 Å². The third-order valence-corrected chi connectivity index (χ3v) is 6.60. The lowest BCUT2D eigenvalue weighted by Crippen LogP contribution is -2.51. The van der Waals surface area contributed by atoms with Crippen molar-refractivity contribution < 1.29 is 23.1 Å². The first-order chi connectivity index (χ1) is 15.4. The number of carbonyl (C=O) groups is 2. The fraction of sp³-hybridized carbons (Fsp3) is 0.375. The molecule has 0 unspecified atom stereocenters. The maximum absolute atomic E-state index is 13.7. The van der Waals surface area contributed by atoms with Gasteiger partial charge in [0.25, 0.3) is 11.8 Å². The predicted octanol–water partition coefficient (Wildman–Crippen LogP) is 3.04. The molecule has 0 N–H and O–H groups in total. The Bertz CT molecular complexity index is 1120. The van der Waals surface area contributed by atoms with Crippen LogP contribution in [0.4, 0.5) is 8.78 Å². The second kappa shape index (κ2) is 7.68. The van der Waals surface area contributed by atoms with Gasteiger partial charge in [-0.15, -0.1) is 6.42 Å². The minimum absolute atomic E-state index is 0.166. The molecule has 164 valence electrons. The van der Waals surface area contributed by atoms with Crippen molar-refractivity contribution in [2.24, 2.45) is 0 Å². The molecule has 0 aliphatic carbocycles. The minimum Gasteiger partial charge on any atom is -0.342 e. The predicted molar refractivity (Wildman–Crippen MR) is 110 cm³/mol. The second-order valence-corrected chi connectivity index (χ2v) is 8.44. The van der Waals surface area contributed by atoms with E-state index in [1.807, 2.05) is 0 Å². The van der Waals surface area contributed by atoms with Gasteiger partial charge in [0, 0.05) is 43.8 Å². The van der Waals surface area contributed by atoms with Gasteiger partial charge in [0.2, 0.25) is 0 Å². The molecule has 2 atom stereocenters. The SMILES string of the molecule is C#Cc1cc(C(=O)N2CCC3(CC2)O[C@@H]2CC[C@@H](c4cc(F)cc(F)c4)N2C3=O)ccn1. The van der Waals surface area contributed by atoms with Gasteiger partial charge in [0.15, 0.2) is 5.60 Å². The number of ether oxygens (including phenoxy) is 1. The van der Waals surface area contributed by atoms with Crippen LogP contribution >= 0.6 is 0 Å². The lowest BCUT2D eigenvalue weighted by Gasteiger charge is -2.37. The van der Waals surface area contributed by atoms with Crippen molar-refractivity contribution in [2.45, 2.75) is 43.6 Å². The molecule has 0 saturated carbocycles. The second-order valence-electron chi connectivity index (χ2n) is 8.44. The van der Waals surface area contributed by atoms with Gasteiger partial charge in [-0.25, -0.2) is 13.8 Å². The molecule has 3 aliphatic heterocycles. The van der Waals surface area contributed by atoms with Gasteiger partial charge in [0.1, 0.15) is 23.6 Å². The fourth-order valence-corrected chi connectivity index (χ4v) is 5.04. The van der Waals surface area contributed by atoms with Crippen LogP contribution in [0, 0.1) is 24.0 Å². The quantitative estimate of drug-likeness (QED) is 0.678. The number of carbonyl (C=O) groups excluding carboxylic acids is 2. The summed E-state index contributed by atoms with van der Waals surface area (Å²) in [7, 11) is 0. The number of amides is 2. The minimum atomic E-state index is -1.01. The van der Waals surface area contributed by atoms with Crippen LogP contribution in [-0.4, -0.2) is 51.5 Å². The highest BCUT2D eigenvalue weighted by Gasteiger charge is 2.58. The fourth-order valence-electron chi connectivity index (χ4n) is 5.04. The van der Waals surface area contributed by atoms with Crippen LogP contribution in [0.5, 0.6) is 0 Å². The summed E-state index contributed by atoms with van der Waals surface area (Å²) in [6.07, 6.45) is 8.36. The largest absolute Gasteiger partial charge is 0.342 e. The van der Waals surface area contributed by atoms with E-state index in [4.69, 9.17) is 11.2 Å². The average molecular weight is 437 g/mol. The molecule has 1 aromatic heterocycles. The highest BCUT2D eigenvalue weighted by Crippen LogP contribution is 2.47. The third-order valence-electron chi connectivity index (χ3n) is 6.60. The zero-order valence-corrected chi connectivity index (χ0v) is 17.3. The van der Waals surface area contributed by atoms with E-state index in [9.17, 15) is 18.4 Å². The third kappa shape index (κ3) is 3.33. The molecule has 1 spiro atoms. The van der Waals surface area contributed by atoms with Crippen molar-refractivity contribution in [3.63, 3.8) is 0 Å². The van der Waals surface area contributed by atoms with Crippen LogP contribution in [0.3, 0.4) is 0 Å². The van der Waals surface area contributed by atoms with Crippen molar-refractivity contribution in [3.8, 4) is 12.3 Å². The van der Waals surface area contributed by atoms with Crippen LogP contribution in [0.25, 0.3) is 0 Å². The summed E-state index contributed by atoms with van der Waals surface area (Å²) in [6.45, 7) is 0.718. The van der Waals surface area contributed by atoms with Crippen LogP contribution in [0.15, 0.2) is 36.5 Å². The van der Waals surface area contributed by atoms with Gasteiger partial charge in [-0.2, -0.15) is 0 Å². The lowest BCUT2D eigenvalue weighted by atomic mass is 9.89. The summed E-state index contributed by atoms with van der Waals surface area (Å²) >= 11 is 0. The summed E-state index contributed by atoms with van der Waals surface area (Å²) in [4.78, 5) is 33.6. The average Bonchev–Trinajstić information content (AvgIpc) is 3.31. The zero-order chi connectivity index (χ0) is 22.5. The first kappa shape index (κ1) is 20.6. The Morgan fingerprint density at radius 2 is 1.88 bits per heavy atom. The molecule has 6 nitrogen and oxygen atoms in total. The zero-order valence-electron chi connectivity index (χ0n) is 17.3. The van der Waals surface area contributed by atoms with Crippen LogP contribution in [-0.2, 0) is 9.53 Å². The number of hydrogen-bond donors (Lipinski definition) is 0. The molecule has 0 radical (unpaired) electrons. The van der Waals surface area contributed by atoms with Crippen molar-refractivity contribution in [1.82, 2.24) is 14.8 Å². The van der Waals surface area contributed by atoms with Crippen LogP contribution in [0.1, 0.15) is 53.3 Å². The van der Waals surface area contributed by atoms with E-state index in [1.165, 1.54) is 18.3 Å². The van der Waals surface area contributed by atoms with E-state index >= 15 is 0 Å². The summed E-state index contributed by atoms with van der Waals surface area (Å²) < 4.78 is 33.7. The van der Waals surface area contributed by atoms with Crippen LogP contribution < -0.4 is 0 Å². The Labute approximate surface area is 184 Å². The molecule has 32 heavy (non-hydrogen) atoms. The molecule has 1 aromatic carbocycles. The van der Waals surface area contributed by atoms with Crippen molar-refractivity contribution in [1.29, 1.82) is 0 Å². The summed E-state index contributed by atoms with van der Waals surface area (Å²) in [6, 6.07) is 6.13. The summed E-state index contributed by atoms with van der Waals surface area (Å²) in [5, 5.41) is 0. The highest BCUT2D eigenvalue weighted by molar-refractivity contribution is 5.95.